The molecule has 0 saturated heterocycles. The molecule has 1 aliphatic rings. The van der Waals surface area contributed by atoms with E-state index in [0.29, 0.717) is 12.8 Å². The van der Waals surface area contributed by atoms with E-state index in [9.17, 15) is 14.7 Å². The van der Waals surface area contributed by atoms with Crippen LogP contribution in [0.25, 0.3) is 0 Å². The summed E-state index contributed by atoms with van der Waals surface area (Å²) in [6.07, 6.45) is 2.67. The first kappa shape index (κ1) is 12.7. The molecule has 1 rings (SSSR count). The van der Waals surface area contributed by atoms with Crippen molar-refractivity contribution >= 4 is 11.9 Å². The molecule has 0 amide bonds. The Hall–Kier alpha value is -1.36. The van der Waals surface area contributed by atoms with Crippen LogP contribution in [0.5, 0.6) is 0 Å². The van der Waals surface area contributed by atoms with Crippen LogP contribution in [0.15, 0.2) is 11.6 Å². The highest BCUT2D eigenvalue weighted by Crippen LogP contribution is 2.32. The number of carbonyl (C=O) groups is 2. The molecule has 0 aromatic heterocycles. The third-order valence-electron chi connectivity index (χ3n) is 2.77. The summed E-state index contributed by atoms with van der Waals surface area (Å²) in [5.74, 6) is -1.53. The number of esters is 2. The van der Waals surface area contributed by atoms with Gasteiger partial charge >= 0.3 is 11.9 Å². The van der Waals surface area contributed by atoms with Crippen LogP contribution in [0.3, 0.4) is 0 Å². The van der Waals surface area contributed by atoms with E-state index in [0.717, 1.165) is 12.5 Å². The Kier molecular flexibility index (Phi) is 4.49. The number of hydrogen-bond donors (Lipinski definition) is 1. The standard InChI is InChI=1S/C11H16O5/c1-15-10(13)6-8(11(14)16-2)7-4-3-5-9(7)12/h6-7,9,12H,3-5H2,1-2H3/b8-6-/t7-,9+/m1/s1. The number of hydrogen-bond acceptors (Lipinski definition) is 5. The molecule has 0 unspecified atom stereocenters. The van der Waals surface area contributed by atoms with E-state index in [1.807, 2.05) is 0 Å². The number of aliphatic hydroxyl groups excluding tert-OH is 1. The van der Waals surface area contributed by atoms with Crippen LogP contribution in [0.2, 0.25) is 0 Å². The summed E-state index contributed by atoms with van der Waals surface area (Å²) in [6.45, 7) is 0. The molecule has 0 spiro atoms. The van der Waals surface area contributed by atoms with Gasteiger partial charge in [0.05, 0.1) is 20.3 Å². The van der Waals surface area contributed by atoms with E-state index >= 15 is 0 Å². The molecule has 1 aliphatic carbocycles. The van der Waals surface area contributed by atoms with Crippen molar-refractivity contribution in [3.63, 3.8) is 0 Å². The Morgan fingerprint density at radius 1 is 1.25 bits per heavy atom. The summed E-state index contributed by atoms with van der Waals surface area (Å²) in [6, 6.07) is 0. The average Bonchev–Trinajstić information content (AvgIpc) is 2.70. The summed E-state index contributed by atoms with van der Waals surface area (Å²) in [7, 11) is 2.48. The van der Waals surface area contributed by atoms with Crippen molar-refractivity contribution in [2.45, 2.75) is 25.4 Å². The van der Waals surface area contributed by atoms with Crippen LogP contribution in [0, 0.1) is 5.92 Å². The first-order chi connectivity index (χ1) is 7.60. The van der Waals surface area contributed by atoms with Crippen molar-refractivity contribution in [1.82, 2.24) is 0 Å². The summed E-state index contributed by atoms with van der Waals surface area (Å²) < 4.78 is 9.06. The van der Waals surface area contributed by atoms with Gasteiger partial charge in [-0.2, -0.15) is 0 Å². The Bertz CT molecular complexity index is 307. The number of ether oxygens (including phenoxy) is 2. The zero-order valence-electron chi connectivity index (χ0n) is 9.43. The zero-order valence-corrected chi connectivity index (χ0v) is 9.43. The summed E-state index contributed by atoms with van der Waals surface area (Å²) in [4.78, 5) is 22.6. The third-order valence-corrected chi connectivity index (χ3v) is 2.77. The van der Waals surface area contributed by atoms with E-state index in [4.69, 9.17) is 0 Å². The molecular weight excluding hydrogens is 212 g/mol. The molecule has 0 heterocycles. The number of rotatable bonds is 3. The van der Waals surface area contributed by atoms with Crippen LogP contribution >= 0.6 is 0 Å². The fourth-order valence-corrected chi connectivity index (χ4v) is 1.92. The maximum Gasteiger partial charge on any atom is 0.334 e. The van der Waals surface area contributed by atoms with Gasteiger partial charge in [0.25, 0.3) is 0 Å². The second-order valence-electron chi connectivity index (χ2n) is 3.72. The molecule has 16 heavy (non-hydrogen) atoms. The predicted molar refractivity (Wildman–Crippen MR) is 55.5 cm³/mol. The molecule has 0 radical (unpaired) electrons. The lowest BCUT2D eigenvalue weighted by molar-refractivity contribution is -0.139. The molecule has 0 aromatic carbocycles. The zero-order chi connectivity index (χ0) is 12.1. The minimum atomic E-state index is -0.612. The van der Waals surface area contributed by atoms with Gasteiger partial charge in [0, 0.05) is 17.6 Å². The maximum absolute atomic E-state index is 11.5. The highest BCUT2D eigenvalue weighted by Gasteiger charge is 2.33. The normalized spacial score (nSPS) is 25.3. The quantitative estimate of drug-likeness (QED) is 0.560. The number of methoxy groups -OCH3 is 2. The lowest BCUT2D eigenvalue weighted by atomic mass is 9.95. The molecule has 90 valence electrons. The van der Waals surface area contributed by atoms with Gasteiger partial charge in [-0.1, -0.05) is 6.42 Å². The Labute approximate surface area is 94.0 Å². The molecular formula is C11H16O5. The van der Waals surface area contributed by atoms with E-state index in [2.05, 4.69) is 9.47 Å². The Morgan fingerprint density at radius 3 is 2.38 bits per heavy atom. The molecule has 1 N–H and O–H groups in total. The van der Waals surface area contributed by atoms with Gasteiger partial charge in [-0.15, -0.1) is 0 Å². The highest BCUT2D eigenvalue weighted by atomic mass is 16.5. The van der Waals surface area contributed by atoms with Gasteiger partial charge in [-0.25, -0.2) is 9.59 Å². The first-order valence-electron chi connectivity index (χ1n) is 5.16. The Balaban J connectivity index is 2.91. The van der Waals surface area contributed by atoms with Crippen LogP contribution in [-0.2, 0) is 19.1 Å². The first-order valence-corrected chi connectivity index (χ1v) is 5.16. The van der Waals surface area contributed by atoms with Crippen LogP contribution in [0.4, 0.5) is 0 Å². The number of aliphatic hydroxyl groups is 1. The van der Waals surface area contributed by atoms with Gasteiger partial charge < -0.3 is 14.6 Å². The third kappa shape index (κ3) is 2.82. The molecule has 1 fully saturated rings. The van der Waals surface area contributed by atoms with Crippen molar-refractivity contribution in [3.05, 3.63) is 11.6 Å². The van der Waals surface area contributed by atoms with Crippen molar-refractivity contribution in [2.75, 3.05) is 14.2 Å². The largest absolute Gasteiger partial charge is 0.466 e. The average molecular weight is 228 g/mol. The van der Waals surface area contributed by atoms with Gasteiger partial charge in [0.2, 0.25) is 0 Å². The molecule has 5 nitrogen and oxygen atoms in total. The minimum Gasteiger partial charge on any atom is -0.466 e. The minimum absolute atomic E-state index is 0.194. The molecule has 0 bridgehead atoms. The lowest BCUT2D eigenvalue weighted by Crippen LogP contribution is -2.22. The van der Waals surface area contributed by atoms with Crippen LogP contribution < -0.4 is 0 Å². The molecule has 0 aliphatic heterocycles. The highest BCUT2D eigenvalue weighted by molar-refractivity contribution is 5.96. The van der Waals surface area contributed by atoms with Crippen molar-refractivity contribution in [1.29, 1.82) is 0 Å². The summed E-state index contributed by atoms with van der Waals surface area (Å²) >= 11 is 0. The molecule has 5 heteroatoms. The van der Waals surface area contributed by atoms with Gasteiger partial charge in [0.15, 0.2) is 0 Å². The van der Waals surface area contributed by atoms with E-state index in [-0.39, 0.29) is 11.5 Å². The van der Waals surface area contributed by atoms with Crippen LogP contribution in [-0.4, -0.2) is 37.4 Å². The molecule has 1 saturated carbocycles. The van der Waals surface area contributed by atoms with E-state index < -0.39 is 18.0 Å². The van der Waals surface area contributed by atoms with Crippen molar-refractivity contribution in [2.24, 2.45) is 5.92 Å². The van der Waals surface area contributed by atoms with Crippen LogP contribution in [0.1, 0.15) is 19.3 Å². The molecule has 2 atom stereocenters. The van der Waals surface area contributed by atoms with Crippen molar-refractivity contribution in [3.8, 4) is 0 Å². The fraction of sp³-hybridized carbons (Fsp3) is 0.636. The monoisotopic (exact) mass is 228 g/mol. The topological polar surface area (TPSA) is 72.8 Å². The summed E-state index contributed by atoms with van der Waals surface area (Å²) in [5.41, 5.74) is 0.194. The summed E-state index contributed by atoms with van der Waals surface area (Å²) in [5, 5.41) is 9.69. The van der Waals surface area contributed by atoms with Gasteiger partial charge in [0.1, 0.15) is 0 Å². The lowest BCUT2D eigenvalue weighted by Gasteiger charge is -2.16. The smallest absolute Gasteiger partial charge is 0.334 e. The second kappa shape index (κ2) is 5.65. The number of carbonyl (C=O) groups excluding carboxylic acids is 2. The van der Waals surface area contributed by atoms with Gasteiger partial charge in [-0.3, -0.25) is 0 Å². The molecule has 0 aromatic rings. The maximum atomic E-state index is 11.5. The Morgan fingerprint density at radius 2 is 1.94 bits per heavy atom. The van der Waals surface area contributed by atoms with Crippen molar-refractivity contribution < 1.29 is 24.2 Å². The second-order valence-corrected chi connectivity index (χ2v) is 3.72. The fourth-order valence-electron chi connectivity index (χ4n) is 1.92. The van der Waals surface area contributed by atoms with Gasteiger partial charge in [-0.05, 0) is 12.8 Å². The SMILES string of the molecule is COC(=O)/C=C(\C(=O)OC)[C@H]1CCC[C@@H]1O. The van der Waals surface area contributed by atoms with E-state index in [1.54, 1.807) is 0 Å². The predicted octanol–water partition coefficient (Wildman–Crippen LogP) is 0.420. The van der Waals surface area contributed by atoms with E-state index in [1.165, 1.54) is 14.2 Å².